The summed E-state index contributed by atoms with van der Waals surface area (Å²) in [5.41, 5.74) is -0.568. The zero-order valence-corrected chi connectivity index (χ0v) is 22.8. The summed E-state index contributed by atoms with van der Waals surface area (Å²) in [6.07, 6.45) is 10.1. The fraction of sp³-hybridized carbons (Fsp3) is 0.867. The molecule has 0 aromatic heterocycles. The maximum atomic E-state index is 11.9. The Morgan fingerprint density at radius 2 is 1.68 bits per heavy atom. The molecule has 0 aromatic rings. The Balaban J connectivity index is 1.71. The molecule has 10 atom stereocenters. The Bertz CT molecular complexity index is 852. The normalized spacial score (nSPS) is 49.2. The second-order valence-corrected chi connectivity index (χ2v) is 14.3. The van der Waals surface area contributed by atoms with E-state index in [4.69, 9.17) is 0 Å². The molecular weight excluding hydrogens is 424 g/mol. The van der Waals surface area contributed by atoms with E-state index in [1.165, 1.54) is 5.57 Å². The topological polar surface area (TPSA) is 80.9 Å². The smallest absolute Gasteiger partial charge is 0.0771 e. The van der Waals surface area contributed by atoms with Gasteiger partial charge in [0, 0.05) is 16.7 Å². The highest BCUT2D eigenvalue weighted by Crippen LogP contribution is 2.74. The van der Waals surface area contributed by atoms with Crippen LogP contribution in [0.2, 0.25) is 0 Å². The molecule has 4 rings (SSSR count). The lowest BCUT2D eigenvalue weighted by molar-refractivity contribution is -0.224. The van der Waals surface area contributed by atoms with Gasteiger partial charge in [-0.2, -0.15) is 0 Å². The molecule has 0 spiro atoms. The van der Waals surface area contributed by atoms with Crippen molar-refractivity contribution >= 4 is 0 Å². The minimum absolute atomic E-state index is 0.0947. The van der Waals surface area contributed by atoms with Gasteiger partial charge in [-0.1, -0.05) is 65.3 Å². The lowest BCUT2D eigenvalue weighted by atomic mass is 9.38. The predicted molar refractivity (Wildman–Crippen MR) is 137 cm³/mol. The van der Waals surface area contributed by atoms with E-state index in [-0.39, 0.29) is 33.7 Å². The van der Waals surface area contributed by atoms with Gasteiger partial charge in [0.15, 0.2) is 0 Å². The Morgan fingerprint density at radius 3 is 2.29 bits per heavy atom. The van der Waals surface area contributed by atoms with Crippen LogP contribution in [0, 0.1) is 45.3 Å². The summed E-state index contributed by atoms with van der Waals surface area (Å²) in [5.74, 6) is 1.14. The number of fused-ring (bicyclic) bond motifs is 5. The molecule has 0 aromatic carbocycles. The summed E-state index contributed by atoms with van der Waals surface area (Å²) in [5, 5.41) is 44.5. The molecule has 3 saturated carbocycles. The van der Waals surface area contributed by atoms with Crippen molar-refractivity contribution in [1.82, 2.24) is 0 Å². The van der Waals surface area contributed by atoms with Crippen LogP contribution in [0.1, 0.15) is 93.9 Å². The average Bonchev–Trinajstić information content (AvgIpc) is 2.97. The van der Waals surface area contributed by atoms with Crippen molar-refractivity contribution in [1.29, 1.82) is 0 Å². The molecule has 3 fully saturated rings. The third-order valence-corrected chi connectivity index (χ3v) is 11.6. The Kier molecular flexibility index (Phi) is 6.33. The van der Waals surface area contributed by atoms with E-state index in [1.54, 1.807) is 13.8 Å². The third kappa shape index (κ3) is 3.61. The van der Waals surface area contributed by atoms with Gasteiger partial charge in [0.25, 0.3) is 0 Å². The molecule has 4 aliphatic rings. The fourth-order valence-corrected chi connectivity index (χ4v) is 9.57. The van der Waals surface area contributed by atoms with E-state index in [1.807, 2.05) is 6.08 Å². The van der Waals surface area contributed by atoms with Gasteiger partial charge in [-0.25, -0.2) is 0 Å². The van der Waals surface area contributed by atoms with Gasteiger partial charge in [0.1, 0.15) is 0 Å². The first kappa shape index (κ1) is 26.4. The predicted octanol–water partition coefficient (Wildman–Crippen LogP) is 5.25. The molecule has 0 saturated heterocycles. The quantitative estimate of drug-likeness (QED) is 0.420. The summed E-state index contributed by atoms with van der Waals surface area (Å²) < 4.78 is 0. The molecule has 4 aliphatic carbocycles. The van der Waals surface area contributed by atoms with Gasteiger partial charge in [-0.3, -0.25) is 0 Å². The molecule has 0 aliphatic heterocycles. The molecule has 0 radical (unpaired) electrons. The van der Waals surface area contributed by atoms with Crippen LogP contribution in [0.3, 0.4) is 0 Å². The number of allylic oxidation sites excluding steroid dienone is 1. The molecule has 4 heteroatoms. The maximum absolute atomic E-state index is 11.9. The zero-order chi connectivity index (χ0) is 25.5. The fourth-order valence-electron chi connectivity index (χ4n) is 9.57. The van der Waals surface area contributed by atoms with Crippen LogP contribution in [0.25, 0.3) is 0 Å². The summed E-state index contributed by atoms with van der Waals surface area (Å²) in [6.45, 7) is 17.1. The summed E-state index contributed by atoms with van der Waals surface area (Å²) in [7, 11) is 0. The maximum Gasteiger partial charge on any atom is 0.0771 e. The first-order chi connectivity index (χ1) is 15.5. The molecule has 4 N–H and O–H groups in total. The first-order valence-electron chi connectivity index (χ1n) is 13.7. The molecular formula is C30H50O4. The SMILES string of the molecule is C[C@H](C/C=C/C(C)(C)O)[C@H]1CC[C@@]2(C)[C@@H]3[C@@H](O)C=C4[C@@H](CC[C@H](O)C4(C)C)[C@]3(C)C[C@@H](O)[C@]12C. The van der Waals surface area contributed by atoms with E-state index in [0.29, 0.717) is 24.2 Å². The highest BCUT2D eigenvalue weighted by atomic mass is 16.3. The van der Waals surface area contributed by atoms with Gasteiger partial charge in [0.05, 0.1) is 23.9 Å². The van der Waals surface area contributed by atoms with Crippen molar-refractivity contribution in [2.75, 3.05) is 0 Å². The van der Waals surface area contributed by atoms with Crippen LogP contribution in [-0.4, -0.2) is 44.3 Å². The summed E-state index contributed by atoms with van der Waals surface area (Å²) in [4.78, 5) is 0. The number of aliphatic hydroxyl groups is 4. The number of aliphatic hydroxyl groups excluding tert-OH is 3. The monoisotopic (exact) mass is 474 g/mol. The minimum Gasteiger partial charge on any atom is -0.393 e. The van der Waals surface area contributed by atoms with Crippen LogP contribution in [0.4, 0.5) is 0 Å². The van der Waals surface area contributed by atoms with Gasteiger partial charge >= 0.3 is 0 Å². The molecule has 194 valence electrons. The van der Waals surface area contributed by atoms with E-state index in [9.17, 15) is 20.4 Å². The van der Waals surface area contributed by atoms with E-state index < -0.39 is 17.8 Å². The minimum atomic E-state index is -0.808. The Labute approximate surface area is 207 Å². The molecule has 0 heterocycles. The number of rotatable bonds is 4. The van der Waals surface area contributed by atoms with Crippen molar-refractivity contribution in [2.45, 2.75) is 118 Å². The third-order valence-electron chi connectivity index (χ3n) is 11.6. The first-order valence-corrected chi connectivity index (χ1v) is 13.7. The van der Waals surface area contributed by atoms with Crippen LogP contribution >= 0.6 is 0 Å². The van der Waals surface area contributed by atoms with Crippen molar-refractivity contribution in [3.63, 3.8) is 0 Å². The summed E-state index contributed by atoms with van der Waals surface area (Å²) >= 11 is 0. The van der Waals surface area contributed by atoms with Crippen molar-refractivity contribution in [3.8, 4) is 0 Å². The molecule has 0 amide bonds. The molecule has 0 unspecified atom stereocenters. The number of hydrogen-bond donors (Lipinski definition) is 4. The van der Waals surface area contributed by atoms with Crippen molar-refractivity contribution in [2.24, 2.45) is 45.3 Å². The van der Waals surface area contributed by atoms with Crippen LogP contribution in [0.5, 0.6) is 0 Å². The second-order valence-electron chi connectivity index (χ2n) is 14.3. The van der Waals surface area contributed by atoms with E-state index in [2.05, 4.69) is 53.7 Å². The summed E-state index contributed by atoms with van der Waals surface area (Å²) in [6, 6.07) is 0. The van der Waals surface area contributed by atoms with E-state index >= 15 is 0 Å². The Hall–Kier alpha value is -0.680. The largest absolute Gasteiger partial charge is 0.393 e. The van der Waals surface area contributed by atoms with Crippen LogP contribution < -0.4 is 0 Å². The van der Waals surface area contributed by atoms with E-state index in [0.717, 1.165) is 32.1 Å². The second kappa shape index (κ2) is 8.16. The molecule has 0 bridgehead atoms. The average molecular weight is 475 g/mol. The standard InChI is InChI=1S/C30H50O4/c1-18(10-9-14-26(2,3)34)19-13-15-29(7)25-22(31)16-21-20(11-12-23(32)27(21,4)5)28(25,6)17-24(33)30(19,29)8/h9,14,16,18-20,22-25,31-34H,10-13,15,17H2,1-8H3/b14-9+/t18-,19-,20-,22+,23+,24-,25-,28+,29+,30+/m1/s1. The van der Waals surface area contributed by atoms with Gasteiger partial charge < -0.3 is 20.4 Å². The number of hydrogen-bond acceptors (Lipinski definition) is 4. The van der Waals surface area contributed by atoms with Gasteiger partial charge in [-0.15, -0.1) is 0 Å². The van der Waals surface area contributed by atoms with Crippen molar-refractivity contribution < 1.29 is 20.4 Å². The van der Waals surface area contributed by atoms with Crippen molar-refractivity contribution in [3.05, 3.63) is 23.8 Å². The highest BCUT2D eigenvalue weighted by Gasteiger charge is 2.72. The van der Waals surface area contributed by atoms with Crippen LogP contribution in [-0.2, 0) is 0 Å². The lowest BCUT2D eigenvalue weighted by Crippen LogP contribution is -2.67. The van der Waals surface area contributed by atoms with Crippen LogP contribution in [0.15, 0.2) is 23.8 Å². The molecule has 34 heavy (non-hydrogen) atoms. The zero-order valence-electron chi connectivity index (χ0n) is 22.8. The van der Waals surface area contributed by atoms with Gasteiger partial charge in [0.2, 0.25) is 0 Å². The molecule has 4 nitrogen and oxygen atoms in total. The van der Waals surface area contributed by atoms with Gasteiger partial charge in [-0.05, 0) is 81.0 Å². The Morgan fingerprint density at radius 1 is 1.03 bits per heavy atom. The highest BCUT2D eigenvalue weighted by molar-refractivity contribution is 5.33. The lowest BCUT2D eigenvalue weighted by Gasteiger charge is -2.68.